The average Bonchev–Trinajstić information content (AvgIpc) is 3.37. The zero-order valence-corrected chi connectivity index (χ0v) is 16.4. The molecule has 0 saturated carbocycles. The zero-order chi connectivity index (χ0) is 19.5. The van der Waals surface area contributed by atoms with Crippen LogP contribution in [0.15, 0.2) is 47.1 Å². The zero-order valence-electron chi connectivity index (χ0n) is 16.4. The molecule has 4 rings (SSSR count). The molecule has 3 heterocycles. The van der Waals surface area contributed by atoms with Crippen LogP contribution in [0.2, 0.25) is 0 Å². The van der Waals surface area contributed by atoms with E-state index in [9.17, 15) is 4.79 Å². The molecule has 0 spiro atoms. The first kappa shape index (κ1) is 19.0. The van der Waals surface area contributed by atoms with E-state index in [0.717, 1.165) is 49.5 Å². The lowest BCUT2D eigenvalue weighted by Gasteiger charge is -2.32. The monoisotopic (exact) mass is 383 g/mol. The number of methoxy groups -OCH3 is 1. The van der Waals surface area contributed by atoms with Crippen molar-refractivity contribution < 1.29 is 13.9 Å². The van der Waals surface area contributed by atoms with Crippen molar-refractivity contribution in [2.45, 2.75) is 31.3 Å². The molecule has 0 unspecified atom stereocenters. The number of nitrogens with zero attached hydrogens (tertiary/aromatic N) is 2. The van der Waals surface area contributed by atoms with Crippen LogP contribution >= 0.6 is 0 Å². The van der Waals surface area contributed by atoms with E-state index in [4.69, 9.17) is 14.9 Å². The molecule has 1 aromatic carbocycles. The van der Waals surface area contributed by atoms with Gasteiger partial charge in [-0.25, -0.2) is 0 Å². The maximum absolute atomic E-state index is 13.1. The Morgan fingerprint density at radius 2 is 2.04 bits per heavy atom. The smallest absolute Gasteiger partial charge is 0.225 e. The lowest BCUT2D eigenvalue weighted by molar-refractivity contribution is -0.136. The minimum absolute atomic E-state index is 0.0323. The predicted molar refractivity (Wildman–Crippen MR) is 107 cm³/mol. The summed E-state index contributed by atoms with van der Waals surface area (Å²) in [4.78, 5) is 17.4. The van der Waals surface area contributed by atoms with Crippen molar-refractivity contribution in [3.63, 3.8) is 0 Å². The van der Waals surface area contributed by atoms with Crippen molar-refractivity contribution in [3.05, 3.63) is 54.0 Å². The standard InChI is InChI=1S/C22H29N3O3/c1-27-18-5-2-4-17(12-18)20-14-25(15-21(20)23)22(26)16-7-9-24(10-8-16)13-19-6-3-11-28-19/h2-6,11-12,16,20-21H,7-10,13-15,23H2,1H3/t20-,21+/m0/s1. The van der Waals surface area contributed by atoms with Crippen molar-refractivity contribution in [2.24, 2.45) is 11.7 Å². The quantitative estimate of drug-likeness (QED) is 0.859. The van der Waals surface area contributed by atoms with Crippen molar-refractivity contribution >= 4 is 5.91 Å². The van der Waals surface area contributed by atoms with E-state index in [2.05, 4.69) is 11.0 Å². The number of hydrogen-bond acceptors (Lipinski definition) is 5. The SMILES string of the molecule is COc1cccc([C@@H]2CN(C(=O)C3CCN(Cc4ccco4)CC3)C[C@H]2N)c1. The Morgan fingerprint density at radius 1 is 1.21 bits per heavy atom. The number of carbonyl (C=O) groups is 1. The molecule has 2 saturated heterocycles. The van der Waals surface area contributed by atoms with Gasteiger partial charge in [-0.05, 0) is 55.8 Å². The number of ether oxygens (including phenoxy) is 1. The van der Waals surface area contributed by atoms with E-state index in [1.807, 2.05) is 35.2 Å². The Bertz CT molecular complexity index is 784. The largest absolute Gasteiger partial charge is 0.497 e. The molecular formula is C22H29N3O3. The number of benzene rings is 1. The van der Waals surface area contributed by atoms with E-state index >= 15 is 0 Å². The van der Waals surface area contributed by atoms with Gasteiger partial charge in [-0.3, -0.25) is 9.69 Å². The van der Waals surface area contributed by atoms with Crippen LogP contribution in [0.3, 0.4) is 0 Å². The maximum Gasteiger partial charge on any atom is 0.225 e. The number of amides is 1. The number of furan rings is 1. The van der Waals surface area contributed by atoms with Gasteiger partial charge in [0.05, 0.1) is 19.9 Å². The summed E-state index contributed by atoms with van der Waals surface area (Å²) >= 11 is 0. The van der Waals surface area contributed by atoms with E-state index < -0.39 is 0 Å². The molecule has 0 aliphatic carbocycles. The van der Waals surface area contributed by atoms with E-state index in [1.54, 1.807) is 13.4 Å². The first-order valence-corrected chi connectivity index (χ1v) is 10.1. The van der Waals surface area contributed by atoms with Crippen LogP contribution < -0.4 is 10.5 Å². The Morgan fingerprint density at radius 3 is 2.75 bits per heavy atom. The fraction of sp³-hybridized carbons (Fsp3) is 0.500. The number of rotatable bonds is 5. The van der Waals surface area contributed by atoms with Crippen molar-refractivity contribution in [1.29, 1.82) is 0 Å². The lowest BCUT2D eigenvalue weighted by atomic mass is 9.94. The highest BCUT2D eigenvalue weighted by Gasteiger charge is 2.37. The normalized spacial score (nSPS) is 23.9. The van der Waals surface area contributed by atoms with Crippen LogP contribution in [0, 0.1) is 5.92 Å². The van der Waals surface area contributed by atoms with Crippen LogP contribution in [-0.2, 0) is 11.3 Å². The highest BCUT2D eigenvalue weighted by atomic mass is 16.5. The molecule has 2 atom stereocenters. The van der Waals surface area contributed by atoms with Crippen LogP contribution in [0.1, 0.15) is 30.1 Å². The van der Waals surface area contributed by atoms with Gasteiger partial charge in [-0.15, -0.1) is 0 Å². The van der Waals surface area contributed by atoms with Crippen LogP contribution in [-0.4, -0.2) is 55.0 Å². The first-order valence-electron chi connectivity index (χ1n) is 10.1. The average molecular weight is 383 g/mol. The van der Waals surface area contributed by atoms with Gasteiger partial charge in [0, 0.05) is 31.0 Å². The molecule has 2 aliphatic heterocycles. The fourth-order valence-electron chi connectivity index (χ4n) is 4.45. The number of hydrogen-bond donors (Lipinski definition) is 1. The molecule has 150 valence electrons. The van der Waals surface area contributed by atoms with Crippen LogP contribution in [0.25, 0.3) is 0 Å². The van der Waals surface area contributed by atoms with Crippen molar-refractivity contribution in [1.82, 2.24) is 9.80 Å². The first-order chi connectivity index (χ1) is 13.6. The molecule has 0 radical (unpaired) electrons. The second-order valence-electron chi connectivity index (χ2n) is 7.92. The Labute approximate surface area is 166 Å². The Kier molecular flexibility index (Phi) is 5.69. The summed E-state index contributed by atoms with van der Waals surface area (Å²) in [7, 11) is 1.67. The molecular weight excluding hydrogens is 354 g/mol. The van der Waals surface area contributed by atoms with Gasteiger partial charge in [0.2, 0.25) is 5.91 Å². The highest BCUT2D eigenvalue weighted by molar-refractivity contribution is 5.79. The molecule has 6 nitrogen and oxygen atoms in total. The molecule has 2 aromatic rings. The maximum atomic E-state index is 13.1. The van der Waals surface area contributed by atoms with E-state index in [1.165, 1.54) is 0 Å². The highest BCUT2D eigenvalue weighted by Crippen LogP contribution is 2.31. The topological polar surface area (TPSA) is 71.9 Å². The summed E-state index contributed by atoms with van der Waals surface area (Å²) < 4.78 is 10.8. The lowest BCUT2D eigenvalue weighted by Crippen LogP contribution is -2.42. The fourth-order valence-corrected chi connectivity index (χ4v) is 4.45. The second-order valence-corrected chi connectivity index (χ2v) is 7.92. The summed E-state index contributed by atoms with van der Waals surface area (Å²) in [5, 5.41) is 0. The third-order valence-electron chi connectivity index (χ3n) is 6.10. The molecule has 2 N–H and O–H groups in total. The minimum Gasteiger partial charge on any atom is -0.497 e. The Hall–Kier alpha value is -2.31. The van der Waals surface area contributed by atoms with Gasteiger partial charge < -0.3 is 19.8 Å². The second kappa shape index (κ2) is 8.37. The van der Waals surface area contributed by atoms with Gasteiger partial charge >= 0.3 is 0 Å². The molecule has 2 aliphatic rings. The number of piperidine rings is 1. The summed E-state index contributed by atoms with van der Waals surface area (Å²) in [6.45, 7) is 4.00. The summed E-state index contributed by atoms with van der Waals surface area (Å²) in [5.74, 6) is 2.34. The third-order valence-corrected chi connectivity index (χ3v) is 6.10. The molecule has 28 heavy (non-hydrogen) atoms. The predicted octanol–water partition coefficient (Wildman–Crippen LogP) is 2.45. The van der Waals surface area contributed by atoms with Crippen LogP contribution in [0.4, 0.5) is 0 Å². The van der Waals surface area contributed by atoms with Gasteiger partial charge in [0.15, 0.2) is 0 Å². The summed E-state index contributed by atoms with van der Waals surface area (Å²) in [5.41, 5.74) is 7.55. The number of nitrogens with two attached hydrogens (primary N) is 1. The van der Waals surface area contributed by atoms with Crippen molar-refractivity contribution in [3.8, 4) is 5.75 Å². The molecule has 6 heteroatoms. The van der Waals surface area contributed by atoms with E-state index in [0.29, 0.717) is 13.1 Å². The summed E-state index contributed by atoms with van der Waals surface area (Å²) in [6, 6.07) is 11.9. The molecule has 0 bridgehead atoms. The van der Waals surface area contributed by atoms with Gasteiger partial charge in [-0.1, -0.05) is 12.1 Å². The number of likely N-dealkylation sites (tertiary alicyclic amines) is 2. The molecule has 1 amide bonds. The van der Waals surface area contributed by atoms with E-state index in [-0.39, 0.29) is 23.8 Å². The third kappa shape index (κ3) is 4.08. The Balaban J connectivity index is 1.33. The van der Waals surface area contributed by atoms with Crippen LogP contribution in [0.5, 0.6) is 5.75 Å². The van der Waals surface area contributed by atoms with Gasteiger partial charge in [0.25, 0.3) is 0 Å². The van der Waals surface area contributed by atoms with Gasteiger partial charge in [-0.2, -0.15) is 0 Å². The van der Waals surface area contributed by atoms with Gasteiger partial charge in [0.1, 0.15) is 11.5 Å². The molecule has 2 fully saturated rings. The minimum atomic E-state index is -0.0323. The molecule has 1 aromatic heterocycles. The van der Waals surface area contributed by atoms with Crippen molar-refractivity contribution in [2.75, 3.05) is 33.3 Å². The number of carbonyl (C=O) groups excluding carboxylic acids is 1. The summed E-state index contributed by atoms with van der Waals surface area (Å²) in [6.07, 6.45) is 3.51.